The molecule has 2 aliphatic heterocycles. The summed E-state index contributed by atoms with van der Waals surface area (Å²) in [5.74, 6) is -11.0. The van der Waals surface area contributed by atoms with Crippen molar-refractivity contribution in [3.8, 4) is 5.75 Å². The molecule has 10 atom stereocenters. The fourth-order valence-electron chi connectivity index (χ4n) is 10.6. The van der Waals surface area contributed by atoms with Crippen LogP contribution in [0.5, 0.6) is 5.75 Å². The molecular weight excluding hydrogens is 1230 g/mol. The van der Waals surface area contributed by atoms with Crippen molar-refractivity contribution < 1.29 is 67.7 Å². The number of aliphatic hydroxyl groups is 1. The largest absolute Gasteiger partial charge is 0.508 e. The van der Waals surface area contributed by atoms with Gasteiger partial charge < -0.3 is 85.5 Å². The Balaban J connectivity index is 1.28. The minimum Gasteiger partial charge on any atom is -0.508 e. The van der Waals surface area contributed by atoms with Crippen LogP contribution in [0, 0.1) is 5.92 Å². The number of hydrogen-bond acceptors (Lipinski definition) is 15. The van der Waals surface area contributed by atoms with Gasteiger partial charge in [-0.1, -0.05) is 92.2 Å². The first-order valence-electron chi connectivity index (χ1n) is 30.4. The third kappa shape index (κ3) is 22.2. The average Bonchev–Trinajstić information content (AvgIpc) is 1.85. The summed E-state index contributed by atoms with van der Waals surface area (Å²) >= 11 is 6.06. The van der Waals surface area contributed by atoms with Crippen LogP contribution in [0.25, 0.3) is 10.8 Å². The number of primary amides is 1. The Bertz CT molecular complexity index is 3400. The van der Waals surface area contributed by atoms with Gasteiger partial charge in [0.2, 0.25) is 70.9 Å². The molecule has 0 radical (unpaired) electrons. The molecule has 29 nitrogen and oxygen atoms in total. The number of amides is 12. The number of guanidine groups is 1. The summed E-state index contributed by atoms with van der Waals surface area (Å²) < 4.78 is 0. The van der Waals surface area contributed by atoms with Gasteiger partial charge in [0, 0.05) is 50.8 Å². The first kappa shape index (κ1) is 72.2. The molecule has 93 heavy (non-hydrogen) atoms. The predicted molar refractivity (Wildman–Crippen MR) is 341 cm³/mol. The minimum absolute atomic E-state index is 0.00347. The van der Waals surface area contributed by atoms with Crippen molar-refractivity contribution in [2.75, 3.05) is 26.2 Å². The number of aliphatic hydroxyl groups excluding tert-OH is 1. The Labute approximate surface area is 541 Å². The number of nitrogens with two attached hydrogens (primary N) is 3. The summed E-state index contributed by atoms with van der Waals surface area (Å²) in [5.41, 5.74) is 18.0. The van der Waals surface area contributed by atoms with Crippen molar-refractivity contribution in [3.63, 3.8) is 0 Å². The highest BCUT2D eigenvalue weighted by atomic mass is 35.5. The molecule has 500 valence electrons. The summed E-state index contributed by atoms with van der Waals surface area (Å²) in [7, 11) is 0. The lowest BCUT2D eigenvalue weighted by Crippen LogP contribution is -2.61. The molecule has 2 fully saturated rings. The highest BCUT2D eigenvalue weighted by molar-refractivity contribution is 6.30. The van der Waals surface area contributed by atoms with E-state index in [2.05, 4.69) is 58.2 Å². The smallest absolute Gasteiger partial charge is 0.245 e. The molecular formula is C63H82ClN15O14. The summed E-state index contributed by atoms with van der Waals surface area (Å²) in [6, 6.07) is 10.4. The van der Waals surface area contributed by atoms with Gasteiger partial charge in [-0.05, 0) is 96.7 Å². The lowest BCUT2D eigenvalue weighted by molar-refractivity contribution is -0.142. The second-order valence-corrected chi connectivity index (χ2v) is 23.8. The van der Waals surface area contributed by atoms with Gasteiger partial charge in [0.15, 0.2) is 5.96 Å². The number of rotatable bonds is 28. The Kier molecular flexibility index (Phi) is 26.8. The molecule has 0 spiro atoms. The number of fused-ring (bicyclic) bond motifs is 1. The van der Waals surface area contributed by atoms with E-state index in [1.165, 1.54) is 36.1 Å². The van der Waals surface area contributed by atoms with Gasteiger partial charge in [0.25, 0.3) is 0 Å². The molecule has 0 saturated carbocycles. The van der Waals surface area contributed by atoms with E-state index in [4.69, 9.17) is 28.8 Å². The van der Waals surface area contributed by atoms with E-state index < -0.39 is 151 Å². The lowest BCUT2D eigenvalue weighted by Gasteiger charge is -2.31. The van der Waals surface area contributed by atoms with Crippen molar-refractivity contribution in [1.82, 2.24) is 58.1 Å². The van der Waals surface area contributed by atoms with Crippen molar-refractivity contribution in [2.45, 2.75) is 146 Å². The van der Waals surface area contributed by atoms with E-state index in [1.807, 2.05) is 30.3 Å². The number of halogens is 1. The molecule has 0 aromatic heterocycles. The van der Waals surface area contributed by atoms with Gasteiger partial charge >= 0.3 is 0 Å². The van der Waals surface area contributed by atoms with Crippen molar-refractivity contribution in [1.29, 1.82) is 0 Å². The number of phenolic OH excluding ortho intramolecular Hbond substituents is 1. The van der Waals surface area contributed by atoms with Crippen LogP contribution in [-0.4, -0.2) is 179 Å². The number of likely N-dealkylation sites (tertiary alicyclic amines) is 1. The Morgan fingerprint density at radius 2 is 1.28 bits per heavy atom. The summed E-state index contributed by atoms with van der Waals surface area (Å²) in [6.45, 7) is 4.69. The fraction of sp³-hybridized carbons (Fsp3) is 0.444. The summed E-state index contributed by atoms with van der Waals surface area (Å²) in [5, 5.41) is 48.5. The third-order valence-electron chi connectivity index (χ3n) is 15.4. The minimum atomic E-state index is -1.90. The van der Waals surface area contributed by atoms with Gasteiger partial charge in [-0.25, -0.2) is 0 Å². The Morgan fingerprint density at radius 1 is 0.688 bits per heavy atom. The van der Waals surface area contributed by atoms with Gasteiger partial charge in [-0.3, -0.25) is 62.5 Å². The molecule has 2 aliphatic rings. The van der Waals surface area contributed by atoms with E-state index in [1.54, 1.807) is 50.2 Å². The highest BCUT2D eigenvalue weighted by Crippen LogP contribution is 2.22. The molecule has 4 aromatic carbocycles. The summed E-state index contributed by atoms with van der Waals surface area (Å²) in [6.07, 6.45) is -0.591. The molecule has 12 amide bonds. The lowest BCUT2D eigenvalue weighted by atomic mass is 9.98. The molecule has 30 heteroatoms. The quantitative estimate of drug-likeness (QED) is 0.0162. The fourth-order valence-corrected chi connectivity index (χ4v) is 10.7. The second-order valence-electron chi connectivity index (χ2n) is 23.4. The molecule has 2 saturated heterocycles. The topological polar surface area (TPSA) is 459 Å². The molecule has 4 unspecified atom stereocenters. The predicted octanol–water partition coefficient (Wildman–Crippen LogP) is -2.28. The van der Waals surface area contributed by atoms with Crippen LogP contribution in [0.3, 0.4) is 0 Å². The number of hydrogen-bond donors (Lipinski definition) is 15. The van der Waals surface area contributed by atoms with Gasteiger partial charge in [0.1, 0.15) is 66.2 Å². The zero-order valence-corrected chi connectivity index (χ0v) is 52.8. The van der Waals surface area contributed by atoms with E-state index in [0.717, 1.165) is 17.7 Å². The Morgan fingerprint density at radius 3 is 1.90 bits per heavy atom. The van der Waals surface area contributed by atoms with E-state index in [9.17, 15) is 63.0 Å². The van der Waals surface area contributed by atoms with E-state index >= 15 is 4.79 Å². The van der Waals surface area contributed by atoms with Crippen LogP contribution in [0.4, 0.5) is 0 Å². The number of aliphatic imine (C=N–C) groups is 1. The van der Waals surface area contributed by atoms with Gasteiger partial charge in [0.05, 0.1) is 13.0 Å². The molecule has 6 rings (SSSR count). The van der Waals surface area contributed by atoms with Crippen LogP contribution in [0.2, 0.25) is 5.02 Å². The van der Waals surface area contributed by atoms with Crippen molar-refractivity contribution >= 4 is 99.2 Å². The maximum atomic E-state index is 15.0. The maximum Gasteiger partial charge on any atom is 0.245 e. The first-order valence-corrected chi connectivity index (χ1v) is 30.8. The standard InChI is InChI=1S/C63H82ClN15O14/c1-33(2)25-44(55(86)73-43(11-7-23-68-63(66)67)62(93)79-24-8-12-51(79)61(92)70-34(3)53(65)84)74-57(88)47(29-38-13-18-39-9-5-6-10-40(39)26-38)75-56(87)46(28-37-16-21-42(82)22-17-37)76-60(91)50(32-80)78-58(89)48-30-52(83)72-45(27-36-14-19-41(64)20-15-36)54(85)69-31-49(59(90)77-48)71-35(4)81/h5-6,9-10,13-22,26,33-34,43-51,80,82H,7-8,11-12,23-25,27-32H2,1-4H3,(H2,65,84)(H,69,85)(H,70,92)(H,71,81)(H,72,83)(H,73,86)(H,74,88)(H,75,87)(H,76,91)(H,77,90)(H,78,89)(H4,66,67,68)/t34?,43-,44+,45-,46-,47?,48?,49?,50-,51+/m0/s1. The summed E-state index contributed by atoms with van der Waals surface area (Å²) in [4.78, 5) is 172. The zero-order chi connectivity index (χ0) is 68.1. The molecule has 0 aliphatic carbocycles. The normalized spacial score (nSPS) is 18.6. The number of nitrogens with zero attached hydrogens (tertiary/aromatic N) is 2. The van der Waals surface area contributed by atoms with Crippen molar-refractivity contribution in [2.24, 2.45) is 28.1 Å². The molecule has 18 N–H and O–H groups in total. The second kappa shape index (κ2) is 34.5. The first-order chi connectivity index (χ1) is 44.2. The zero-order valence-electron chi connectivity index (χ0n) is 52.0. The van der Waals surface area contributed by atoms with Gasteiger partial charge in [-0.2, -0.15) is 0 Å². The van der Waals surface area contributed by atoms with E-state index in [-0.39, 0.29) is 75.7 Å². The monoisotopic (exact) mass is 1310 g/mol. The van der Waals surface area contributed by atoms with Crippen molar-refractivity contribution in [3.05, 3.63) is 113 Å². The van der Waals surface area contributed by atoms with Crippen LogP contribution >= 0.6 is 11.6 Å². The number of nitrogens with one attached hydrogen (secondary N) is 10. The number of carbonyl (C=O) groups is 12. The highest BCUT2D eigenvalue weighted by Gasteiger charge is 2.40. The average molecular weight is 1310 g/mol. The number of phenols is 1. The number of carbonyl (C=O) groups excluding carboxylic acids is 12. The number of benzene rings is 4. The van der Waals surface area contributed by atoms with Crippen LogP contribution in [-0.2, 0) is 76.8 Å². The van der Waals surface area contributed by atoms with Crippen LogP contribution in [0.15, 0.2) is 96.0 Å². The van der Waals surface area contributed by atoms with Gasteiger partial charge in [-0.15, -0.1) is 0 Å². The SMILES string of the molecule is CC(=O)NC1CNC(=O)[C@H](Cc2ccc(Cl)cc2)NC(=O)CC(C(=O)N[C@@H](CO)C(=O)N[C@@H](Cc2ccc(O)cc2)C(=O)NC(Cc2ccc3ccccc3c2)C(=O)N[C@H](CC(C)C)C(=O)N[C@@H](CCCN=C(N)N)C(=O)N2CCC[C@@H]2C(=O)NC(C)C(N)=O)NC1=O. The Hall–Kier alpha value is -9.90. The number of aromatic hydroxyl groups is 1. The third-order valence-corrected chi connectivity index (χ3v) is 15.7. The van der Waals surface area contributed by atoms with Crippen LogP contribution < -0.4 is 70.4 Å². The van der Waals surface area contributed by atoms with Crippen LogP contribution in [0.1, 0.15) is 82.9 Å². The molecule has 2 heterocycles. The molecule has 4 aromatic rings. The maximum absolute atomic E-state index is 15.0. The molecule has 0 bridgehead atoms. The van der Waals surface area contributed by atoms with E-state index in [0.29, 0.717) is 28.1 Å².